The quantitative estimate of drug-likeness (QED) is 0.793. The van der Waals surface area contributed by atoms with E-state index in [1.165, 1.54) is 6.07 Å². The molecule has 0 spiro atoms. The number of nitriles is 1. The van der Waals surface area contributed by atoms with Gasteiger partial charge in [0.15, 0.2) is 5.82 Å². The van der Waals surface area contributed by atoms with Crippen LogP contribution in [-0.4, -0.2) is 15.3 Å². The number of amides is 1. The van der Waals surface area contributed by atoms with Crippen LogP contribution in [-0.2, 0) is 11.2 Å². The average Bonchev–Trinajstić information content (AvgIpc) is 3.37. The molecule has 0 aliphatic heterocycles. The van der Waals surface area contributed by atoms with Gasteiger partial charge in [-0.1, -0.05) is 18.2 Å². The summed E-state index contributed by atoms with van der Waals surface area (Å²) in [6.07, 6.45) is 3.64. The molecule has 0 unspecified atom stereocenters. The first-order valence-electron chi connectivity index (χ1n) is 8.10. The molecule has 5 nitrogen and oxygen atoms in total. The normalized spacial score (nSPS) is 13.6. The molecule has 1 aliphatic carbocycles. The third-order valence-electron chi connectivity index (χ3n) is 4.31. The number of carbonyl (C=O) groups excluding carboxylic acids is 1. The van der Waals surface area contributed by atoms with Crippen LogP contribution in [0.25, 0.3) is 16.9 Å². The van der Waals surface area contributed by atoms with E-state index in [4.69, 9.17) is 5.26 Å². The van der Waals surface area contributed by atoms with E-state index in [-0.39, 0.29) is 18.2 Å². The van der Waals surface area contributed by atoms with Gasteiger partial charge in [-0.25, -0.2) is 9.37 Å². The molecule has 0 atom stereocenters. The van der Waals surface area contributed by atoms with Gasteiger partial charge in [-0.15, -0.1) is 0 Å². The fourth-order valence-electron chi connectivity index (χ4n) is 2.82. The first-order valence-corrected chi connectivity index (χ1v) is 8.10. The first kappa shape index (κ1) is 15.3. The van der Waals surface area contributed by atoms with Crippen molar-refractivity contribution in [3.8, 4) is 17.3 Å². The van der Waals surface area contributed by atoms with Gasteiger partial charge in [0.05, 0.1) is 24.4 Å². The number of benzene rings is 1. The van der Waals surface area contributed by atoms with E-state index in [1.807, 2.05) is 28.7 Å². The van der Waals surface area contributed by atoms with Crippen LogP contribution in [0.3, 0.4) is 0 Å². The van der Waals surface area contributed by atoms with Gasteiger partial charge in [0, 0.05) is 17.0 Å². The molecule has 0 radical (unpaired) electrons. The fourth-order valence-corrected chi connectivity index (χ4v) is 2.82. The van der Waals surface area contributed by atoms with Crippen molar-refractivity contribution in [2.24, 2.45) is 5.92 Å². The molecule has 124 valence electrons. The Morgan fingerprint density at radius 3 is 2.92 bits per heavy atom. The number of imidazole rings is 1. The van der Waals surface area contributed by atoms with E-state index in [0.29, 0.717) is 22.6 Å². The summed E-state index contributed by atoms with van der Waals surface area (Å²) in [5, 5.41) is 11.6. The van der Waals surface area contributed by atoms with Gasteiger partial charge in [0.25, 0.3) is 0 Å². The average molecular weight is 334 g/mol. The van der Waals surface area contributed by atoms with E-state index >= 15 is 0 Å². The number of anilines is 1. The Balaban J connectivity index is 1.72. The monoisotopic (exact) mass is 334 g/mol. The summed E-state index contributed by atoms with van der Waals surface area (Å²) < 4.78 is 16.0. The molecule has 2 aromatic heterocycles. The molecule has 1 aromatic carbocycles. The predicted octanol–water partition coefficient (Wildman–Crippen LogP) is 3.55. The summed E-state index contributed by atoms with van der Waals surface area (Å²) in [5.41, 5.74) is 2.49. The second kappa shape index (κ2) is 6.02. The summed E-state index contributed by atoms with van der Waals surface area (Å²) in [6.45, 7) is 0. The molecule has 0 bridgehead atoms. The van der Waals surface area contributed by atoms with Crippen LogP contribution < -0.4 is 5.32 Å². The molecule has 1 aliphatic rings. The zero-order valence-corrected chi connectivity index (χ0v) is 13.4. The van der Waals surface area contributed by atoms with Gasteiger partial charge in [-0.3, -0.25) is 9.20 Å². The van der Waals surface area contributed by atoms with Crippen LogP contribution >= 0.6 is 0 Å². The second-order valence-electron chi connectivity index (χ2n) is 6.17. The van der Waals surface area contributed by atoms with Crippen molar-refractivity contribution < 1.29 is 9.18 Å². The van der Waals surface area contributed by atoms with Crippen LogP contribution in [0.15, 0.2) is 42.6 Å². The largest absolute Gasteiger partial charge is 0.309 e. The standard InChI is InChI=1S/C19H15FN4O/c20-15-10-14(7-4-12(15)8-9-21)16-2-1-3-18-22-17(11-24(16)18)23-19(25)13-5-6-13/h1-4,7,10-11,13H,5-6,8H2,(H,23,25). The highest BCUT2D eigenvalue weighted by atomic mass is 19.1. The summed E-state index contributed by atoms with van der Waals surface area (Å²) in [4.78, 5) is 16.3. The van der Waals surface area contributed by atoms with Gasteiger partial charge < -0.3 is 5.32 Å². The number of nitrogens with zero attached hydrogens (tertiary/aromatic N) is 3. The highest BCUT2D eigenvalue weighted by Gasteiger charge is 2.30. The molecule has 0 saturated heterocycles. The molecule has 1 amide bonds. The maximum Gasteiger partial charge on any atom is 0.228 e. The fraction of sp³-hybridized carbons (Fsp3) is 0.211. The van der Waals surface area contributed by atoms with E-state index in [0.717, 1.165) is 18.5 Å². The third kappa shape index (κ3) is 2.96. The van der Waals surface area contributed by atoms with Crippen molar-refractivity contribution in [3.63, 3.8) is 0 Å². The highest BCUT2D eigenvalue weighted by molar-refractivity contribution is 5.93. The number of rotatable bonds is 4. The van der Waals surface area contributed by atoms with Crippen molar-refractivity contribution in [2.45, 2.75) is 19.3 Å². The minimum absolute atomic E-state index is 0.00291. The number of aromatic nitrogens is 2. The van der Waals surface area contributed by atoms with Crippen LogP contribution in [0.2, 0.25) is 0 Å². The number of pyridine rings is 1. The van der Waals surface area contributed by atoms with Crippen molar-refractivity contribution >= 4 is 17.4 Å². The molecule has 1 N–H and O–H groups in total. The lowest BCUT2D eigenvalue weighted by atomic mass is 10.1. The SMILES string of the molecule is N#CCc1ccc(-c2cccc3nc(NC(=O)C4CC4)cn23)cc1F. The Bertz CT molecular complexity index is 1010. The highest BCUT2D eigenvalue weighted by Crippen LogP contribution is 2.30. The third-order valence-corrected chi connectivity index (χ3v) is 4.31. The molecular formula is C19H15FN4O. The number of halogens is 1. The predicted molar refractivity (Wildman–Crippen MR) is 91.3 cm³/mol. The zero-order valence-electron chi connectivity index (χ0n) is 13.4. The van der Waals surface area contributed by atoms with Crippen LogP contribution in [0, 0.1) is 23.1 Å². The molecule has 1 fully saturated rings. The number of nitrogens with one attached hydrogen (secondary N) is 1. The number of hydrogen-bond acceptors (Lipinski definition) is 3. The Hall–Kier alpha value is -3.20. The number of hydrogen-bond donors (Lipinski definition) is 1. The van der Waals surface area contributed by atoms with E-state index in [9.17, 15) is 9.18 Å². The maximum atomic E-state index is 14.2. The minimum atomic E-state index is -0.404. The van der Waals surface area contributed by atoms with Gasteiger partial charge in [0.1, 0.15) is 11.5 Å². The molecule has 1 saturated carbocycles. The van der Waals surface area contributed by atoms with Gasteiger partial charge in [-0.2, -0.15) is 5.26 Å². The van der Waals surface area contributed by atoms with Crippen molar-refractivity contribution in [2.75, 3.05) is 5.32 Å². The Morgan fingerprint density at radius 1 is 1.36 bits per heavy atom. The molecule has 3 aromatic rings. The lowest BCUT2D eigenvalue weighted by Gasteiger charge is -2.07. The summed E-state index contributed by atoms with van der Waals surface area (Å²) in [7, 11) is 0. The maximum absolute atomic E-state index is 14.2. The first-order chi connectivity index (χ1) is 12.2. The van der Waals surface area contributed by atoms with Gasteiger partial charge in [-0.05, 0) is 31.0 Å². The number of carbonyl (C=O) groups is 1. The minimum Gasteiger partial charge on any atom is -0.309 e. The second-order valence-corrected chi connectivity index (χ2v) is 6.17. The molecule has 6 heteroatoms. The Kier molecular flexibility index (Phi) is 3.69. The Labute approximate surface area is 143 Å². The summed E-state index contributed by atoms with van der Waals surface area (Å²) in [6, 6.07) is 12.3. The van der Waals surface area contributed by atoms with Crippen LogP contribution in [0.4, 0.5) is 10.2 Å². The lowest BCUT2D eigenvalue weighted by Crippen LogP contribution is -2.13. The molecular weight excluding hydrogens is 319 g/mol. The van der Waals surface area contributed by atoms with Crippen molar-refractivity contribution in [3.05, 3.63) is 54.0 Å². The topological polar surface area (TPSA) is 70.2 Å². The lowest BCUT2D eigenvalue weighted by molar-refractivity contribution is -0.117. The molecule has 25 heavy (non-hydrogen) atoms. The van der Waals surface area contributed by atoms with Crippen molar-refractivity contribution in [1.82, 2.24) is 9.38 Å². The van der Waals surface area contributed by atoms with Crippen LogP contribution in [0.1, 0.15) is 18.4 Å². The van der Waals surface area contributed by atoms with Crippen LogP contribution in [0.5, 0.6) is 0 Å². The number of fused-ring (bicyclic) bond motifs is 1. The van der Waals surface area contributed by atoms with Gasteiger partial charge >= 0.3 is 0 Å². The Morgan fingerprint density at radius 2 is 2.20 bits per heavy atom. The molecule has 4 rings (SSSR count). The summed E-state index contributed by atoms with van der Waals surface area (Å²) in [5.74, 6) is 0.187. The van der Waals surface area contributed by atoms with E-state index in [2.05, 4.69) is 10.3 Å². The van der Waals surface area contributed by atoms with E-state index in [1.54, 1.807) is 18.3 Å². The molecule has 2 heterocycles. The van der Waals surface area contributed by atoms with E-state index < -0.39 is 5.82 Å². The van der Waals surface area contributed by atoms with Crippen molar-refractivity contribution in [1.29, 1.82) is 5.26 Å². The van der Waals surface area contributed by atoms with Gasteiger partial charge in [0.2, 0.25) is 5.91 Å². The zero-order chi connectivity index (χ0) is 17.4. The summed E-state index contributed by atoms with van der Waals surface area (Å²) >= 11 is 0. The smallest absolute Gasteiger partial charge is 0.228 e.